The molecule has 1 fully saturated rings. The van der Waals surface area contributed by atoms with Crippen molar-refractivity contribution in [3.05, 3.63) is 29.6 Å². The molecule has 1 aromatic carbocycles. The Labute approximate surface area is 181 Å². The second kappa shape index (κ2) is 9.98. The number of rotatable bonds is 8. The number of halogens is 1. The number of nitrogens with one attached hydrogen (secondary N) is 1. The van der Waals surface area contributed by atoms with Crippen LogP contribution in [0.15, 0.2) is 18.2 Å². The molecule has 0 heterocycles. The number of ether oxygens (including phenoxy) is 4. The number of hydrogen-bond donors (Lipinski definition) is 1. The molecule has 9 heteroatoms. The highest BCUT2D eigenvalue weighted by atomic mass is 19.1. The Morgan fingerprint density at radius 3 is 2.32 bits per heavy atom. The number of carbonyl (C=O) groups is 3. The van der Waals surface area contributed by atoms with Crippen molar-refractivity contribution in [1.29, 1.82) is 0 Å². The molecule has 0 unspecified atom stereocenters. The highest BCUT2D eigenvalue weighted by Crippen LogP contribution is 2.36. The molecule has 0 saturated heterocycles. The predicted octanol–water partition coefficient (Wildman–Crippen LogP) is 3.67. The maximum Gasteiger partial charge on any atom is 0.408 e. The number of amides is 1. The molecule has 1 aromatic rings. The van der Waals surface area contributed by atoms with Gasteiger partial charge in [0.1, 0.15) is 29.3 Å². The molecule has 1 N–H and O–H groups in total. The van der Waals surface area contributed by atoms with Crippen LogP contribution < -0.4 is 10.1 Å². The van der Waals surface area contributed by atoms with Crippen molar-refractivity contribution >= 4 is 18.0 Å². The Kier molecular flexibility index (Phi) is 7.86. The van der Waals surface area contributed by atoms with E-state index in [1.165, 1.54) is 26.2 Å². The van der Waals surface area contributed by atoms with E-state index in [2.05, 4.69) is 5.32 Å². The van der Waals surface area contributed by atoms with Crippen molar-refractivity contribution in [2.45, 2.75) is 71.3 Å². The zero-order valence-corrected chi connectivity index (χ0v) is 18.7. The fourth-order valence-corrected chi connectivity index (χ4v) is 2.76. The van der Waals surface area contributed by atoms with Gasteiger partial charge in [-0.05, 0) is 59.6 Å². The average molecular weight is 439 g/mol. The van der Waals surface area contributed by atoms with Gasteiger partial charge in [-0.25, -0.2) is 14.0 Å². The maximum atomic E-state index is 13.6. The predicted molar refractivity (Wildman–Crippen MR) is 109 cm³/mol. The minimum Gasteiger partial charge on any atom is -0.496 e. The van der Waals surface area contributed by atoms with Gasteiger partial charge in [0.15, 0.2) is 6.10 Å². The van der Waals surface area contributed by atoms with Gasteiger partial charge >= 0.3 is 18.0 Å². The molecule has 0 radical (unpaired) electrons. The van der Waals surface area contributed by atoms with Crippen LogP contribution in [0.1, 0.15) is 59.1 Å². The second-order valence-corrected chi connectivity index (χ2v) is 8.53. The Balaban J connectivity index is 2.13. The summed E-state index contributed by atoms with van der Waals surface area (Å²) in [6, 6.07) is 2.78. The first-order chi connectivity index (χ1) is 14.4. The molecule has 172 valence electrons. The lowest BCUT2D eigenvalue weighted by Crippen LogP contribution is -2.43. The summed E-state index contributed by atoms with van der Waals surface area (Å²) in [5.41, 5.74) is -0.353. The lowest BCUT2D eigenvalue weighted by atomic mass is 10.0. The Morgan fingerprint density at radius 1 is 1.13 bits per heavy atom. The molecule has 1 amide bonds. The van der Waals surface area contributed by atoms with Crippen molar-refractivity contribution < 1.29 is 37.7 Å². The van der Waals surface area contributed by atoms with Crippen LogP contribution in [0.25, 0.3) is 0 Å². The summed E-state index contributed by atoms with van der Waals surface area (Å²) in [5.74, 6) is -1.71. The van der Waals surface area contributed by atoms with Crippen molar-refractivity contribution in [1.82, 2.24) is 5.32 Å². The van der Waals surface area contributed by atoms with Gasteiger partial charge in [0.2, 0.25) is 0 Å². The summed E-state index contributed by atoms with van der Waals surface area (Å²) in [7, 11) is 1.36. The summed E-state index contributed by atoms with van der Waals surface area (Å²) in [4.78, 5) is 36.7. The van der Waals surface area contributed by atoms with Gasteiger partial charge in [0.25, 0.3) is 0 Å². The smallest absolute Gasteiger partial charge is 0.408 e. The Bertz CT molecular complexity index is 817. The van der Waals surface area contributed by atoms with Gasteiger partial charge in [-0.3, -0.25) is 4.79 Å². The van der Waals surface area contributed by atoms with Gasteiger partial charge in [0.05, 0.1) is 13.0 Å². The van der Waals surface area contributed by atoms with Crippen LogP contribution in [0.4, 0.5) is 9.18 Å². The number of carbonyl (C=O) groups excluding carboxylic acids is 3. The quantitative estimate of drug-likeness (QED) is 0.487. The van der Waals surface area contributed by atoms with Crippen LogP contribution in [-0.4, -0.2) is 42.9 Å². The molecular formula is C22H30FNO7. The highest BCUT2D eigenvalue weighted by Gasteiger charge is 2.37. The molecular weight excluding hydrogens is 409 g/mol. The molecule has 8 nitrogen and oxygen atoms in total. The molecule has 3 atom stereocenters. The van der Waals surface area contributed by atoms with Gasteiger partial charge in [-0.1, -0.05) is 0 Å². The third kappa shape index (κ3) is 7.41. The van der Waals surface area contributed by atoms with E-state index >= 15 is 0 Å². The van der Waals surface area contributed by atoms with E-state index in [1.807, 2.05) is 0 Å². The standard InChI is InChI=1S/C22H30FNO7/c1-12(24-21(27)31-22(3,4)5)19(25)29-13(2)18(30-20(26)14-7-8-14)16-10-9-15(23)11-17(16)28-6/h9-14,18H,7-8H2,1-6H3,(H,24,27)/t12-,13-,18-/m0/s1. The maximum absolute atomic E-state index is 13.6. The molecule has 0 aliphatic heterocycles. The van der Waals surface area contributed by atoms with Crippen molar-refractivity contribution in [2.75, 3.05) is 7.11 Å². The zero-order chi connectivity index (χ0) is 23.3. The third-order valence-corrected chi connectivity index (χ3v) is 4.47. The van der Waals surface area contributed by atoms with E-state index in [9.17, 15) is 18.8 Å². The fourth-order valence-electron chi connectivity index (χ4n) is 2.76. The lowest BCUT2D eigenvalue weighted by Gasteiger charge is -2.27. The van der Waals surface area contributed by atoms with E-state index < -0.39 is 47.7 Å². The number of benzene rings is 1. The molecule has 31 heavy (non-hydrogen) atoms. The van der Waals surface area contributed by atoms with Crippen molar-refractivity contribution in [3.63, 3.8) is 0 Å². The van der Waals surface area contributed by atoms with Crippen molar-refractivity contribution in [3.8, 4) is 5.75 Å². The largest absolute Gasteiger partial charge is 0.496 e. The minimum atomic E-state index is -1.01. The summed E-state index contributed by atoms with van der Waals surface area (Å²) in [5, 5.41) is 2.40. The van der Waals surface area contributed by atoms with E-state index in [4.69, 9.17) is 18.9 Å². The minimum absolute atomic E-state index is 0.163. The van der Waals surface area contributed by atoms with Crippen LogP contribution in [0.5, 0.6) is 5.75 Å². The molecule has 0 bridgehead atoms. The third-order valence-electron chi connectivity index (χ3n) is 4.47. The van der Waals surface area contributed by atoms with Crippen LogP contribution >= 0.6 is 0 Å². The lowest BCUT2D eigenvalue weighted by molar-refractivity contribution is -0.169. The number of hydrogen-bond acceptors (Lipinski definition) is 7. The normalized spacial score (nSPS) is 16.5. The molecule has 1 aliphatic carbocycles. The molecule has 0 aromatic heterocycles. The van der Waals surface area contributed by atoms with Gasteiger partial charge in [0, 0.05) is 11.6 Å². The first kappa shape index (κ1) is 24.4. The SMILES string of the molecule is COc1cc(F)ccc1[C@@H](OC(=O)C1CC1)[C@H](C)OC(=O)[C@H](C)NC(=O)OC(C)(C)C. The monoisotopic (exact) mass is 439 g/mol. The summed E-state index contributed by atoms with van der Waals surface area (Å²) in [6.07, 6.45) is -1.24. The Hall–Kier alpha value is -2.84. The fraction of sp³-hybridized carbons (Fsp3) is 0.591. The van der Waals surface area contributed by atoms with Gasteiger partial charge in [-0.2, -0.15) is 0 Å². The number of esters is 2. The second-order valence-electron chi connectivity index (χ2n) is 8.53. The van der Waals surface area contributed by atoms with Crippen LogP contribution in [0.3, 0.4) is 0 Å². The van der Waals surface area contributed by atoms with E-state index in [-0.39, 0.29) is 11.7 Å². The molecule has 1 aliphatic rings. The van der Waals surface area contributed by atoms with E-state index in [1.54, 1.807) is 27.7 Å². The highest BCUT2D eigenvalue weighted by molar-refractivity contribution is 5.81. The molecule has 1 saturated carbocycles. The first-order valence-corrected chi connectivity index (χ1v) is 10.1. The summed E-state index contributed by atoms with van der Waals surface area (Å²) >= 11 is 0. The topological polar surface area (TPSA) is 100 Å². The molecule has 2 rings (SSSR count). The van der Waals surface area contributed by atoms with Gasteiger partial charge in [-0.15, -0.1) is 0 Å². The Morgan fingerprint density at radius 2 is 1.77 bits per heavy atom. The van der Waals surface area contributed by atoms with Gasteiger partial charge < -0.3 is 24.3 Å². The number of alkyl carbamates (subject to hydrolysis) is 1. The van der Waals surface area contributed by atoms with Crippen molar-refractivity contribution in [2.24, 2.45) is 5.92 Å². The average Bonchev–Trinajstić information content (AvgIpc) is 3.49. The van der Waals surface area contributed by atoms with Crippen LogP contribution in [0.2, 0.25) is 0 Å². The van der Waals surface area contributed by atoms with E-state index in [0.717, 1.165) is 18.9 Å². The zero-order valence-electron chi connectivity index (χ0n) is 18.7. The first-order valence-electron chi connectivity index (χ1n) is 10.1. The number of methoxy groups -OCH3 is 1. The molecule has 0 spiro atoms. The van der Waals surface area contributed by atoms with Crippen LogP contribution in [-0.2, 0) is 23.8 Å². The summed E-state index contributed by atoms with van der Waals surface area (Å²) < 4.78 is 35.0. The van der Waals surface area contributed by atoms with Crippen LogP contribution in [0, 0.1) is 11.7 Å². The summed E-state index contributed by atoms with van der Waals surface area (Å²) in [6.45, 7) is 8.10. The van der Waals surface area contributed by atoms with E-state index in [0.29, 0.717) is 5.56 Å².